The lowest BCUT2D eigenvalue weighted by Crippen LogP contribution is -2.23. The van der Waals surface area contributed by atoms with Gasteiger partial charge < -0.3 is 10.1 Å². The molecule has 0 aliphatic heterocycles. The molecule has 6 nitrogen and oxygen atoms in total. The van der Waals surface area contributed by atoms with Crippen LogP contribution in [0.5, 0.6) is 5.88 Å². The molecule has 1 unspecified atom stereocenters. The Bertz CT molecular complexity index is 493. The molecule has 18 heavy (non-hydrogen) atoms. The molecule has 0 radical (unpaired) electrons. The lowest BCUT2D eigenvalue weighted by molar-refractivity contribution is 0.390. The maximum atomic E-state index is 5.00. The van der Waals surface area contributed by atoms with Crippen LogP contribution in [-0.4, -0.2) is 33.6 Å². The Hall–Kier alpha value is -1.95. The molecule has 0 saturated heterocycles. The molecule has 2 rings (SSSR count). The first-order valence-electron chi connectivity index (χ1n) is 5.85. The van der Waals surface area contributed by atoms with Crippen molar-refractivity contribution in [2.24, 2.45) is 7.05 Å². The Morgan fingerprint density at radius 2 is 2.11 bits per heavy atom. The SMILES string of the molecule is CCNC(c1ccc(OC)nn1)c1ccn(C)n1. The Kier molecular flexibility index (Phi) is 3.88. The van der Waals surface area contributed by atoms with Gasteiger partial charge in [-0.25, -0.2) is 0 Å². The zero-order chi connectivity index (χ0) is 13.0. The van der Waals surface area contributed by atoms with E-state index in [-0.39, 0.29) is 6.04 Å². The average Bonchev–Trinajstić information content (AvgIpc) is 2.82. The van der Waals surface area contributed by atoms with Crippen molar-refractivity contribution in [3.63, 3.8) is 0 Å². The highest BCUT2D eigenvalue weighted by atomic mass is 16.5. The van der Waals surface area contributed by atoms with Crippen LogP contribution in [0.2, 0.25) is 0 Å². The van der Waals surface area contributed by atoms with E-state index in [0.29, 0.717) is 5.88 Å². The molecular formula is C12H17N5O. The molecule has 0 saturated carbocycles. The second-order valence-electron chi connectivity index (χ2n) is 3.91. The summed E-state index contributed by atoms with van der Waals surface area (Å²) < 4.78 is 6.78. The minimum atomic E-state index is -0.0467. The molecule has 0 bridgehead atoms. The van der Waals surface area contributed by atoms with Crippen molar-refractivity contribution in [2.75, 3.05) is 13.7 Å². The van der Waals surface area contributed by atoms with Crippen LogP contribution in [0.15, 0.2) is 24.4 Å². The van der Waals surface area contributed by atoms with Crippen molar-refractivity contribution in [3.05, 3.63) is 35.8 Å². The summed E-state index contributed by atoms with van der Waals surface area (Å²) in [5, 5.41) is 15.9. The maximum absolute atomic E-state index is 5.00. The van der Waals surface area contributed by atoms with Crippen LogP contribution in [0.25, 0.3) is 0 Å². The van der Waals surface area contributed by atoms with Crippen LogP contribution in [0.1, 0.15) is 24.4 Å². The quantitative estimate of drug-likeness (QED) is 0.851. The number of nitrogens with one attached hydrogen (secondary N) is 1. The van der Waals surface area contributed by atoms with Crippen LogP contribution >= 0.6 is 0 Å². The first-order valence-corrected chi connectivity index (χ1v) is 5.85. The second kappa shape index (κ2) is 5.59. The third-order valence-corrected chi connectivity index (χ3v) is 2.60. The van der Waals surface area contributed by atoms with Crippen molar-refractivity contribution in [1.29, 1.82) is 0 Å². The lowest BCUT2D eigenvalue weighted by Gasteiger charge is -2.14. The third kappa shape index (κ3) is 2.65. The van der Waals surface area contributed by atoms with Gasteiger partial charge in [-0.05, 0) is 18.7 Å². The van der Waals surface area contributed by atoms with E-state index in [4.69, 9.17) is 4.74 Å². The van der Waals surface area contributed by atoms with Crippen molar-refractivity contribution in [3.8, 4) is 5.88 Å². The average molecular weight is 247 g/mol. The summed E-state index contributed by atoms with van der Waals surface area (Å²) in [6.45, 7) is 2.88. The summed E-state index contributed by atoms with van der Waals surface area (Å²) >= 11 is 0. The molecule has 0 amide bonds. The molecule has 6 heteroatoms. The zero-order valence-electron chi connectivity index (χ0n) is 10.8. The van der Waals surface area contributed by atoms with E-state index in [0.717, 1.165) is 17.9 Å². The highest BCUT2D eigenvalue weighted by Gasteiger charge is 2.17. The van der Waals surface area contributed by atoms with Crippen molar-refractivity contribution < 1.29 is 4.74 Å². The zero-order valence-corrected chi connectivity index (χ0v) is 10.8. The smallest absolute Gasteiger partial charge is 0.233 e. The van der Waals surface area contributed by atoms with Gasteiger partial charge in [0.1, 0.15) is 0 Å². The largest absolute Gasteiger partial charge is 0.480 e. The number of methoxy groups -OCH3 is 1. The Balaban J connectivity index is 2.28. The maximum Gasteiger partial charge on any atom is 0.233 e. The first kappa shape index (κ1) is 12.5. The van der Waals surface area contributed by atoms with Gasteiger partial charge in [0.2, 0.25) is 5.88 Å². The standard InChI is InChI=1S/C12H17N5O/c1-4-13-12(10-7-8-17(2)16-10)9-5-6-11(18-3)15-14-9/h5-8,12-13H,4H2,1-3H3. The van der Waals surface area contributed by atoms with Gasteiger partial charge >= 0.3 is 0 Å². The third-order valence-electron chi connectivity index (χ3n) is 2.60. The van der Waals surface area contributed by atoms with Gasteiger partial charge in [-0.15, -0.1) is 10.2 Å². The van der Waals surface area contributed by atoms with Crippen LogP contribution < -0.4 is 10.1 Å². The predicted molar refractivity (Wildman–Crippen MR) is 67.3 cm³/mol. The minimum absolute atomic E-state index is 0.0467. The van der Waals surface area contributed by atoms with E-state index in [2.05, 4.69) is 20.6 Å². The minimum Gasteiger partial charge on any atom is -0.480 e. The Morgan fingerprint density at radius 1 is 1.28 bits per heavy atom. The van der Waals surface area contributed by atoms with E-state index in [9.17, 15) is 0 Å². The van der Waals surface area contributed by atoms with Gasteiger partial charge in [0.15, 0.2) is 0 Å². The van der Waals surface area contributed by atoms with Crippen molar-refractivity contribution in [1.82, 2.24) is 25.3 Å². The summed E-state index contributed by atoms with van der Waals surface area (Å²) in [5.41, 5.74) is 1.76. The van der Waals surface area contributed by atoms with E-state index in [1.807, 2.05) is 32.3 Å². The van der Waals surface area contributed by atoms with E-state index in [1.54, 1.807) is 17.9 Å². The van der Waals surface area contributed by atoms with Crippen molar-refractivity contribution in [2.45, 2.75) is 13.0 Å². The first-order chi connectivity index (χ1) is 8.74. The molecule has 0 aromatic carbocycles. The van der Waals surface area contributed by atoms with Crippen LogP contribution in [0.4, 0.5) is 0 Å². The topological polar surface area (TPSA) is 64.9 Å². The molecule has 2 aromatic heterocycles. The van der Waals surface area contributed by atoms with Crippen LogP contribution in [0.3, 0.4) is 0 Å². The second-order valence-corrected chi connectivity index (χ2v) is 3.91. The number of aromatic nitrogens is 4. The fraction of sp³-hybridized carbons (Fsp3) is 0.417. The molecule has 0 aliphatic carbocycles. The molecule has 1 atom stereocenters. The number of nitrogens with zero attached hydrogens (tertiary/aromatic N) is 4. The number of hydrogen-bond donors (Lipinski definition) is 1. The molecule has 0 fully saturated rings. The highest BCUT2D eigenvalue weighted by molar-refractivity contribution is 5.22. The number of aryl methyl sites for hydroxylation is 1. The van der Waals surface area contributed by atoms with Gasteiger partial charge in [0.25, 0.3) is 0 Å². The molecule has 1 N–H and O–H groups in total. The monoisotopic (exact) mass is 247 g/mol. The summed E-state index contributed by atoms with van der Waals surface area (Å²) in [6, 6.07) is 5.62. The summed E-state index contributed by atoms with van der Waals surface area (Å²) in [7, 11) is 3.47. The fourth-order valence-electron chi connectivity index (χ4n) is 1.74. The van der Waals surface area contributed by atoms with Crippen molar-refractivity contribution >= 4 is 0 Å². The molecular weight excluding hydrogens is 230 g/mol. The molecule has 96 valence electrons. The lowest BCUT2D eigenvalue weighted by atomic mass is 10.1. The number of ether oxygens (including phenoxy) is 1. The normalized spacial score (nSPS) is 12.4. The van der Waals surface area contributed by atoms with Gasteiger partial charge in [0.05, 0.1) is 24.5 Å². The van der Waals surface area contributed by atoms with Gasteiger partial charge in [-0.2, -0.15) is 5.10 Å². The van der Waals surface area contributed by atoms with Gasteiger partial charge in [0, 0.05) is 19.3 Å². The van der Waals surface area contributed by atoms with Gasteiger partial charge in [-0.3, -0.25) is 4.68 Å². The van der Waals surface area contributed by atoms with E-state index < -0.39 is 0 Å². The summed E-state index contributed by atoms with van der Waals surface area (Å²) in [4.78, 5) is 0. The van der Waals surface area contributed by atoms with Crippen LogP contribution in [-0.2, 0) is 7.05 Å². The van der Waals surface area contributed by atoms with E-state index in [1.165, 1.54) is 0 Å². The molecule has 2 aromatic rings. The Labute approximate surface area is 106 Å². The Morgan fingerprint density at radius 3 is 2.61 bits per heavy atom. The van der Waals surface area contributed by atoms with Crippen LogP contribution in [0, 0.1) is 0 Å². The molecule has 0 aliphatic rings. The number of hydrogen-bond acceptors (Lipinski definition) is 5. The van der Waals surface area contributed by atoms with E-state index >= 15 is 0 Å². The molecule has 2 heterocycles. The predicted octanol–water partition coefficient (Wildman–Crippen LogP) is 0.918. The highest BCUT2D eigenvalue weighted by Crippen LogP contribution is 2.18. The fourth-order valence-corrected chi connectivity index (χ4v) is 1.74. The number of rotatable bonds is 5. The summed E-state index contributed by atoms with van der Waals surface area (Å²) in [5.74, 6) is 0.509. The molecule has 0 spiro atoms. The van der Waals surface area contributed by atoms with Gasteiger partial charge in [-0.1, -0.05) is 6.92 Å². The summed E-state index contributed by atoms with van der Waals surface area (Å²) in [6.07, 6.45) is 1.91.